The van der Waals surface area contributed by atoms with Gasteiger partial charge in [-0.2, -0.15) is 0 Å². The SMILES string of the molecule is N[C@H](C(=O)Nc1ccc(F)c(F)c1)c1ccccc1. The number of carbonyl (C=O) groups is 1. The summed E-state index contributed by atoms with van der Waals surface area (Å²) in [6.07, 6.45) is 0. The third-order valence-electron chi connectivity index (χ3n) is 2.63. The molecule has 0 spiro atoms. The zero-order chi connectivity index (χ0) is 13.8. The lowest BCUT2D eigenvalue weighted by molar-refractivity contribution is -0.117. The van der Waals surface area contributed by atoms with Crippen LogP contribution in [-0.4, -0.2) is 5.91 Å². The standard InChI is InChI=1S/C14H12F2N2O/c15-11-7-6-10(8-12(11)16)18-14(19)13(17)9-4-2-1-3-5-9/h1-8,13H,17H2,(H,18,19)/t13-/m0/s1. The Labute approximate surface area is 109 Å². The van der Waals surface area contributed by atoms with Crippen LogP contribution in [0, 0.1) is 11.6 Å². The Kier molecular flexibility index (Phi) is 3.87. The first-order valence-corrected chi connectivity index (χ1v) is 5.64. The molecule has 2 aromatic rings. The van der Waals surface area contributed by atoms with Crippen LogP contribution in [-0.2, 0) is 4.79 Å². The normalized spacial score (nSPS) is 11.9. The Morgan fingerprint density at radius 2 is 1.74 bits per heavy atom. The maximum atomic E-state index is 13.0. The summed E-state index contributed by atoms with van der Waals surface area (Å²) in [5, 5.41) is 2.44. The summed E-state index contributed by atoms with van der Waals surface area (Å²) < 4.78 is 25.7. The van der Waals surface area contributed by atoms with Crippen molar-refractivity contribution in [1.29, 1.82) is 0 Å². The monoisotopic (exact) mass is 262 g/mol. The first-order chi connectivity index (χ1) is 9.08. The van der Waals surface area contributed by atoms with Gasteiger partial charge in [0.2, 0.25) is 5.91 Å². The number of carbonyl (C=O) groups excluding carboxylic acids is 1. The van der Waals surface area contributed by atoms with E-state index in [4.69, 9.17) is 5.73 Å². The number of hydrogen-bond acceptors (Lipinski definition) is 2. The summed E-state index contributed by atoms with van der Waals surface area (Å²) in [5.41, 5.74) is 6.58. The van der Waals surface area contributed by atoms with Crippen LogP contribution in [0.1, 0.15) is 11.6 Å². The quantitative estimate of drug-likeness (QED) is 0.893. The van der Waals surface area contributed by atoms with Gasteiger partial charge in [0.05, 0.1) is 0 Å². The number of nitrogens with one attached hydrogen (secondary N) is 1. The van der Waals surface area contributed by atoms with Crippen molar-refractivity contribution in [3.63, 3.8) is 0 Å². The number of rotatable bonds is 3. The molecule has 0 aromatic heterocycles. The van der Waals surface area contributed by atoms with E-state index in [1.54, 1.807) is 24.3 Å². The molecule has 0 bridgehead atoms. The van der Waals surface area contributed by atoms with Crippen LogP contribution in [0.2, 0.25) is 0 Å². The Balaban J connectivity index is 2.10. The second-order valence-electron chi connectivity index (χ2n) is 4.01. The van der Waals surface area contributed by atoms with Gasteiger partial charge in [-0.1, -0.05) is 30.3 Å². The summed E-state index contributed by atoms with van der Waals surface area (Å²) in [4.78, 5) is 11.9. The fraction of sp³-hybridized carbons (Fsp3) is 0.0714. The highest BCUT2D eigenvalue weighted by atomic mass is 19.2. The third-order valence-corrected chi connectivity index (χ3v) is 2.63. The molecule has 0 aliphatic heterocycles. The molecule has 98 valence electrons. The molecule has 0 radical (unpaired) electrons. The Morgan fingerprint density at radius 3 is 2.37 bits per heavy atom. The number of amides is 1. The molecule has 0 saturated heterocycles. The summed E-state index contributed by atoms with van der Waals surface area (Å²) in [6, 6.07) is 11.0. The van der Waals surface area contributed by atoms with Gasteiger partial charge in [0.15, 0.2) is 11.6 Å². The van der Waals surface area contributed by atoms with Crippen molar-refractivity contribution in [3.8, 4) is 0 Å². The van der Waals surface area contributed by atoms with E-state index in [2.05, 4.69) is 5.32 Å². The van der Waals surface area contributed by atoms with Crippen LogP contribution in [0.4, 0.5) is 14.5 Å². The topological polar surface area (TPSA) is 55.1 Å². The molecule has 1 amide bonds. The molecule has 0 aliphatic carbocycles. The van der Waals surface area contributed by atoms with Gasteiger partial charge in [-0.3, -0.25) is 4.79 Å². The van der Waals surface area contributed by atoms with Crippen molar-refractivity contribution in [2.75, 3.05) is 5.32 Å². The van der Waals surface area contributed by atoms with Crippen molar-refractivity contribution in [1.82, 2.24) is 0 Å². The van der Waals surface area contributed by atoms with E-state index in [0.717, 1.165) is 12.1 Å². The van der Waals surface area contributed by atoms with Crippen molar-refractivity contribution in [3.05, 3.63) is 65.7 Å². The average molecular weight is 262 g/mol. The van der Waals surface area contributed by atoms with Gasteiger partial charge < -0.3 is 11.1 Å². The summed E-state index contributed by atoms with van der Waals surface area (Å²) >= 11 is 0. The van der Waals surface area contributed by atoms with E-state index >= 15 is 0 Å². The predicted molar refractivity (Wildman–Crippen MR) is 68.4 cm³/mol. The highest BCUT2D eigenvalue weighted by Gasteiger charge is 2.16. The van der Waals surface area contributed by atoms with Crippen LogP contribution >= 0.6 is 0 Å². The van der Waals surface area contributed by atoms with E-state index in [1.165, 1.54) is 6.07 Å². The second-order valence-corrected chi connectivity index (χ2v) is 4.01. The van der Waals surface area contributed by atoms with Crippen molar-refractivity contribution in [2.24, 2.45) is 5.73 Å². The van der Waals surface area contributed by atoms with E-state index < -0.39 is 23.6 Å². The molecule has 2 aromatic carbocycles. The molecular formula is C14H12F2N2O. The van der Waals surface area contributed by atoms with Crippen LogP contribution in [0.5, 0.6) is 0 Å². The van der Waals surface area contributed by atoms with Gasteiger partial charge in [0.1, 0.15) is 6.04 Å². The third kappa shape index (κ3) is 3.14. The summed E-state index contributed by atoms with van der Waals surface area (Å²) in [5.74, 6) is -2.48. The van der Waals surface area contributed by atoms with Gasteiger partial charge in [0, 0.05) is 11.8 Å². The maximum Gasteiger partial charge on any atom is 0.245 e. The molecular weight excluding hydrogens is 250 g/mol. The van der Waals surface area contributed by atoms with Crippen molar-refractivity contribution in [2.45, 2.75) is 6.04 Å². The largest absolute Gasteiger partial charge is 0.324 e. The van der Waals surface area contributed by atoms with E-state index in [9.17, 15) is 13.6 Å². The first-order valence-electron chi connectivity index (χ1n) is 5.64. The smallest absolute Gasteiger partial charge is 0.245 e. The van der Waals surface area contributed by atoms with Crippen LogP contribution in [0.15, 0.2) is 48.5 Å². The number of nitrogens with two attached hydrogens (primary N) is 1. The summed E-state index contributed by atoms with van der Waals surface area (Å²) in [6.45, 7) is 0. The molecule has 19 heavy (non-hydrogen) atoms. The maximum absolute atomic E-state index is 13.0. The second kappa shape index (κ2) is 5.58. The zero-order valence-electron chi connectivity index (χ0n) is 9.94. The zero-order valence-corrected chi connectivity index (χ0v) is 9.94. The number of benzene rings is 2. The Hall–Kier alpha value is -2.27. The minimum absolute atomic E-state index is 0.162. The van der Waals surface area contributed by atoms with Crippen LogP contribution in [0.3, 0.4) is 0 Å². The number of anilines is 1. The van der Waals surface area contributed by atoms with Gasteiger partial charge in [-0.05, 0) is 17.7 Å². The van der Waals surface area contributed by atoms with Gasteiger partial charge >= 0.3 is 0 Å². The lowest BCUT2D eigenvalue weighted by Gasteiger charge is -2.12. The van der Waals surface area contributed by atoms with Crippen LogP contribution in [0.25, 0.3) is 0 Å². The van der Waals surface area contributed by atoms with Gasteiger partial charge in [-0.15, -0.1) is 0 Å². The Bertz CT molecular complexity index is 587. The molecule has 2 rings (SSSR count). The van der Waals surface area contributed by atoms with Crippen LogP contribution < -0.4 is 11.1 Å². The lowest BCUT2D eigenvalue weighted by atomic mass is 10.1. The first kappa shape index (κ1) is 13.2. The highest BCUT2D eigenvalue weighted by molar-refractivity contribution is 5.95. The molecule has 0 aliphatic rings. The summed E-state index contributed by atoms with van der Waals surface area (Å²) in [7, 11) is 0. The van der Waals surface area contributed by atoms with E-state index in [0.29, 0.717) is 5.56 Å². The highest BCUT2D eigenvalue weighted by Crippen LogP contribution is 2.16. The van der Waals surface area contributed by atoms with Gasteiger partial charge in [-0.25, -0.2) is 8.78 Å². The minimum Gasteiger partial charge on any atom is -0.324 e. The molecule has 3 N–H and O–H groups in total. The van der Waals surface area contributed by atoms with Crippen molar-refractivity contribution < 1.29 is 13.6 Å². The van der Waals surface area contributed by atoms with Crippen molar-refractivity contribution >= 4 is 11.6 Å². The number of hydrogen-bond donors (Lipinski definition) is 2. The molecule has 3 nitrogen and oxygen atoms in total. The Morgan fingerprint density at radius 1 is 1.05 bits per heavy atom. The minimum atomic E-state index is -1.02. The van der Waals surface area contributed by atoms with E-state index in [-0.39, 0.29) is 5.69 Å². The predicted octanol–water partition coefficient (Wildman–Crippen LogP) is 2.60. The molecule has 0 saturated carbocycles. The van der Waals surface area contributed by atoms with E-state index in [1.807, 2.05) is 6.07 Å². The molecule has 0 heterocycles. The fourth-order valence-corrected chi connectivity index (χ4v) is 1.61. The average Bonchev–Trinajstić information content (AvgIpc) is 2.43. The lowest BCUT2D eigenvalue weighted by Crippen LogP contribution is -2.27. The molecule has 0 fully saturated rings. The molecule has 1 atom stereocenters. The molecule has 5 heteroatoms. The van der Waals surface area contributed by atoms with Gasteiger partial charge in [0.25, 0.3) is 0 Å². The molecule has 0 unspecified atom stereocenters. The number of halogens is 2. The fourth-order valence-electron chi connectivity index (χ4n) is 1.61.